The lowest BCUT2D eigenvalue weighted by atomic mass is 10.0. The second-order valence-electron chi connectivity index (χ2n) is 7.24. The number of amides is 3. The molecule has 0 bridgehead atoms. The van der Waals surface area contributed by atoms with E-state index < -0.39 is 61.1 Å². The number of aliphatic hydroxyl groups is 2. The van der Waals surface area contributed by atoms with Crippen molar-refractivity contribution in [3.63, 3.8) is 0 Å². The molecule has 1 heterocycles. The highest BCUT2D eigenvalue weighted by Crippen LogP contribution is 2.19. The van der Waals surface area contributed by atoms with Gasteiger partial charge in [0.2, 0.25) is 17.7 Å². The maximum atomic E-state index is 12.9. The monoisotopic (exact) mass is 481 g/mol. The molecule has 0 aliphatic carbocycles. The smallest absolute Gasteiger partial charge is 0.327 e. The van der Waals surface area contributed by atoms with E-state index in [-0.39, 0.29) is 12.2 Å². The summed E-state index contributed by atoms with van der Waals surface area (Å²) in [4.78, 5) is 51.8. The summed E-state index contributed by atoms with van der Waals surface area (Å²) in [6.07, 6.45) is 1.65. The van der Waals surface area contributed by atoms with Crippen molar-refractivity contribution >= 4 is 47.2 Å². The van der Waals surface area contributed by atoms with Crippen molar-refractivity contribution in [2.24, 2.45) is 5.73 Å². The Morgan fingerprint density at radius 3 is 2.15 bits per heavy atom. The zero-order chi connectivity index (χ0) is 24.5. The highest BCUT2D eigenvalue weighted by Gasteiger charge is 2.30. The number of benzene rings is 1. The number of carbonyl (C=O) groups is 4. The van der Waals surface area contributed by atoms with E-state index in [1.807, 2.05) is 18.2 Å². The molecule has 13 heteroatoms. The number of aliphatic hydroxyl groups excluding tert-OH is 2. The van der Waals surface area contributed by atoms with Crippen molar-refractivity contribution in [1.29, 1.82) is 0 Å². The fraction of sp³-hybridized carbons (Fsp3) is 0.400. The van der Waals surface area contributed by atoms with Crippen LogP contribution in [0.15, 0.2) is 30.5 Å². The number of carboxylic acids is 1. The topological polar surface area (TPSA) is 207 Å². The minimum absolute atomic E-state index is 0.0112. The van der Waals surface area contributed by atoms with Crippen LogP contribution in [0.4, 0.5) is 0 Å². The normalized spacial score (nSPS) is 14.7. The first-order chi connectivity index (χ1) is 15.7. The maximum absolute atomic E-state index is 12.9. The molecule has 12 nitrogen and oxygen atoms in total. The van der Waals surface area contributed by atoms with Crippen LogP contribution in [0.5, 0.6) is 0 Å². The summed E-state index contributed by atoms with van der Waals surface area (Å²) >= 11 is 3.92. The quantitative estimate of drug-likeness (QED) is 0.148. The van der Waals surface area contributed by atoms with Gasteiger partial charge in [-0.1, -0.05) is 18.2 Å². The number of para-hydroxylation sites is 1. The van der Waals surface area contributed by atoms with Gasteiger partial charge >= 0.3 is 5.97 Å². The van der Waals surface area contributed by atoms with Crippen LogP contribution in [0.1, 0.15) is 5.56 Å². The third-order valence-electron chi connectivity index (χ3n) is 4.88. The van der Waals surface area contributed by atoms with Crippen LogP contribution in [0.3, 0.4) is 0 Å². The molecule has 9 N–H and O–H groups in total. The number of fused-ring (bicyclic) bond motifs is 1. The van der Waals surface area contributed by atoms with Gasteiger partial charge in [-0.2, -0.15) is 12.6 Å². The SMILES string of the molecule is NC(CO)C(=O)NC(CO)C(=O)NC(Cc1c[nH]c2ccccc12)C(=O)NC(CS)C(=O)O. The number of carbonyl (C=O) groups excluding carboxylic acids is 3. The standard InChI is InChI=1S/C20H27N5O7S/c21-12(7-26)17(28)24-15(8-27)19(30)23-14(18(29)25-16(9-33)20(31)32)5-10-6-22-13-4-2-1-3-11(10)13/h1-4,6,12,14-16,22,26-27,33H,5,7-9,21H2,(H,23,30)(H,24,28)(H,25,29)(H,31,32). The van der Waals surface area contributed by atoms with Crippen molar-refractivity contribution in [1.82, 2.24) is 20.9 Å². The van der Waals surface area contributed by atoms with Gasteiger partial charge in [-0.25, -0.2) is 4.79 Å². The van der Waals surface area contributed by atoms with Crippen LogP contribution in [0.25, 0.3) is 10.9 Å². The number of aromatic nitrogens is 1. The maximum Gasteiger partial charge on any atom is 0.327 e. The van der Waals surface area contributed by atoms with E-state index in [2.05, 4.69) is 33.6 Å². The number of nitrogens with two attached hydrogens (primary N) is 1. The van der Waals surface area contributed by atoms with Crippen molar-refractivity contribution < 1.29 is 34.5 Å². The Labute approximate surface area is 194 Å². The minimum Gasteiger partial charge on any atom is -0.480 e. The molecule has 33 heavy (non-hydrogen) atoms. The van der Waals surface area contributed by atoms with Crippen LogP contribution in [-0.2, 0) is 25.6 Å². The number of thiol groups is 1. The van der Waals surface area contributed by atoms with Gasteiger partial charge in [0.25, 0.3) is 0 Å². The zero-order valence-electron chi connectivity index (χ0n) is 17.5. The van der Waals surface area contributed by atoms with Crippen LogP contribution in [0, 0.1) is 0 Å². The van der Waals surface area contributed by atoms with Crippen LogP contribution >= 0.6 is 12.6 Å². The van der Waals surface area contributed by atoms with Gasteiger partial charge in [-0.05, 0) is 11.6 Å². The number of nitrogens with one attached hydrogen (secondary N) is 4. The summed E-state index contributed by atoms with van der Waals surface area (Å²) in [7, 11) is 0. The number of carboxylic acid groups (broad SMARTS) is 1. The van der Waals surface area contributed by atoms with Crippen molar-refractivity contribution in [3.05, 3.63) is 36.0 Å². The average molecular weight is 482 g/mol. The second-order valence-corrected chi connectivity index (χ2v) is 7.60. The van der Waals surface area contributed by atoms with Crippen LogP contribution in [0.2, 0.25) is 0 Å². The predicted octanol–water partition coefficient (Wildman–Crippen LogP) is -2.51. The fourth-order valence-corrected chi connectivity index (χ4v) is 3.26. The zero-order valence-corrected chi connectivity index (χ0v) is 18.4. The van der Waals surface area contributed by atoms with Crippen LogP contribution < -0.4 is 21.7 Å². The van der Waals surface area contributed by atoms with Crippen molar-refractivity contribution in [2.45, 2.75) is 30.6 Å². The highest BCUT2D eigenvalue weighted by molar-refractivity contribution is 7.80. The van der Waals surface area contributed by atoms with Gasteiger partial charge in [0.1, 0.15) is 24.2 Å². The molecule has 0 radical (unpaired) electrons. The first kappa shape index (κ1) is 26.1. The summed E-state index contributed by atoms with van der Waals surface area (Å²) in [6, 6.07) is 1.99. The molecule has 0 aliphatic heterocycles. The van der Waals surface area contributed by atoms with Gasteiger partial charge in [-0.15, -0.1) is 0 Å². The first-order valence-corrected chi connectivity index (χ1v) is 10.6. The van der Waals surface area contributed by atoms with E-state index in [4.69, 9.17) is 10.8 Å². The Balaban J connectivity index is 2.25. The molecule has 0 saturated carbocycles. The average Bonchev–Trinajstić information content (AvgIpc) is 3.22. The van der Waals surface area contributed by atoms with Gasteiger partial charge < -0.3 is 42.0 Å². The van der Waals surface area contributed by atoms with E-state index in [1.54, 1.807) is 12.3 Å². The number of hydrogen-bond donors (Lipinski definition) is 9. The summed E-state index contributed by atoms with van der Waals surface area (Å²) in [5.41, 5.74) is 6.88. The van der Waals surface area contributed by atoms with E-state index in [1.165, 1.54) is 0 Å². The number of H-pyrrole nitrogens is 1. The first-order valence-electron chi connectivity index (χ1n) is 9.98. The van der Waals surface area contributed by atoms with Gasteiger partial charge in [-0.3, -0.25) is 14.4 Å². The summed E-state index contributed by atoms with van der Waals surface area (Å²) in [5.74, 6) is -4.03. The van der Waals surface area contributed by atoms with Crippen LogP contribution in [-0.4, -0.2) is 87.1 Å². The molecular formula is C20H27N5O7S. The Morgan fingerprint density at radius 1 is 0.939 bits per heavy atom. The van der Waals surface area contributed by atoms with E-state index in [0.29, 0.717) is 5.56 Å². The third-order valence-corrected chi connectivity index (χ3v) is 5.24. The van der Waals surface area contributed by atoms with Gasteiger partial charge in [0, 0.05) is 29.3 Å². The number of hydrogen-bond acceptors (Lipinski definition) is 8. The lowest BCUT2D eigenvalue weighted by molar-refractivity contribution is -0.141. The molecule has 0 spiro atoms. The molecule has 1 aromatic carbocycles. The van der Waals surface area contributed by atoms with Gasteiger partial charge in [0.15, 0.2) is 0 Å². The molecule has 180 valence electrons. The summed E-state index contributed by atoms with van der Waals surface area (Å²) in [6.45, 7) is -1.47. The molecule has 0 fully saturated rings. The summed E-state index contributed by atoms with van der Waals surface area (Å²) < 4.78 is 0. The van der Waals surface area contributed by atoms with Gasteiger partial charge in [0.05, 0.1) is 13.2 Å². The third kappa shape index (κ3) is 6.92. The fourth-order valence-electron chi connectivity index (χ4n) is 3.02. The molecule has 3 amide bonds. The lowest BCUT2D eigenvalue weighted by Crippen LogP contribution is -2.59. The van der Waals surface area contributed by atoms with E-state index in [0.717, 1.165) is 10.9 Å². The van der Waals surface area contributed by atoms with E-state index >= 15 is 0 Å². The molecule has 4 atom stereocenters. The van der Waals surface area contributed by atoms with E-state index in [9.17, 15) is 29.4 Å². The molecule has 4 unspecified atom stereocenters. The second kappa shape index (κ2) is 12.2. The Morgan fingerprint density at radius 2 is 1.55 bits per heavy atom. The lowest BCUT2D eigenvalue weighted by Gasteiger charge is -2.24. The highest BCUT2D eigenvalue weighted by atomic mass is 32.1. The number of rotatable bonds is 12. The Hall–Kier alpha value is -3.13. The molecular weight excluding hydrogens is 454 g/mol. The molecule has 0 saturated heterocycles. The minimum atomic E-state index is -1.45. The molecule has 1 aromatic heterocycles. The van der Waals surface area contributed by atoms with Crippen molar-refractivity contribution in [2.75, 3.05) is 19.0 Å². The largest absolute Gasteiger partial charge is 0.480 e. The predicted molar refractivity (Wildman–Crippen MR) is 121 cm³/mol. The number of aliphatic carboxylic acids is 1. The van der Waals surface area contributed by atoms with Crippen molar-refractivity contribution in [3.8, 4) is 0 Å². The number of aromatic amines is 1. The Bertz CT molecular complexity index is 998. The summed E-state index contributed by atoms with van der Waals surface area (Å²) in [5, 5.41) is 35.5. The Kier molecular flexibility index (Phi) is 9.66. The molecule has 0 aliphatic rings. The molecule has 2 rings (SSSR count). The molecule has 2 aromatic rings.